The highest BCUT2D eigenvalue weighted by atomic mass is 32.2. The van der Waals surface area contributed by atoms with Crippen molar-refractivity contribution in [3.63, 3.8) is 0 Å². The molecule has 3 atom stereocenters. The minimum atomic E-state index is 0.266. The number of hydrogen-bond donors (Lipinski definition) is 1. The summed E-state index contributed by atoms with van der Waals surface area (Å²) in [6.07, 6.45) is 4.82. The number of hydrogen-bond acceptors (Lipinski definition) is 4. The van der Waals surface area contributed by atoms with Crippen LogP contribution in [0.4, 0.5) is 0 Å². The Morgan fingerprint density at radius 3 is 3.00 bits per heavy atom. The summed E-state index contributed by atoms with van der Waals surface area (Å²) in [4.78, 5) is 4.53. The van der Waals surface area contributed by atoms with Gasteiger partial charge in [-0.1, -0.05) is 37.2 Å². The average Bonchev–Trinajstić information content (AvgIpc) is 2.83. The number of oxazole rings is 1. The third kappa shape index (κ3) is 2.79. The molecule has 1 aliphatic carbocycles. The predicted molar refractivity (Wildman–Crippen MR) is 79.3 cm³/mol. The molecule has 1 aromatic carbocycles. The lowest BCUT2D eigenvalue weighted by molar-refractivity contribution is 0.326. The Hall–Kier alpha value is -1.00. The zero-order valence-electron chi connectivity index (χ0n) is 11.2. The van der Waals surface area contributed by atoms with Gasteiger partial charge < -0.3 is 10.2 Å². The van der Waals surface area contributed by atoms with Crippen molar-refractivity contribution in [2.45, 2.75) is 49.1 Å². The van der Waals surface area contributed by atoms with E-state index in [1.165, 1.54) is 19.3 Å². The summed E-state index contributed by atoms with van der Waals surface area (Å²) in [7, 11) is 0. The molecule has 1 aliphatic rings. The van der Waals surface area contributed by atoms with E-state index >= 15 is 0 Å². The van der Waals surface area contributed by atoms with Crippen molar-refractivity contribution < 1.29 is 4.42 Å². The predicted octanol–water partition coefficient (Wildman–Crippen LogP) is 3.83. The number of nitrogens with zero attached hydrogens (tertiary/aromatic N) is 1. The third-order valence-electron chi connectivity index (χ3n) is 4.06. The lowest BCUT2D eigenvalue weighted by Gasteiger charge is -2.32. The van der Waals surface area contributed by atoms with Gasteiger partial charge in [-0.25, -0.2) is 4.98 Å². The first kappa shape index (κ1) is 13.0. The fourth-order valence-corrected chi connectivity index (χ4v) is 4.00. The average molecular weight is 276 g/mol. The molecule has 3 unspecified atom stereocenters. The largest absolute Gasteiger partial charge is 0.431 e. The van der Waals surface area contributed by atoms with E-state index in [0.717, 1.165) is 28.7 Å². The molecule has 1 heterocycles. The van der Waals surface area contributed by atoms with E-state index in [4.69, 9.17) is 10.2 Å². The quantitative estimate of drug-likeness (QED) is 0.925. The fourth-order valence-electron chi connectivity index (χ4n) is 2.77. The second-order valence-corrected chi connectivity index (χ2v) is 6.55. The SMILES string of the molecule is CCC1CCC(N)C(Sc2nc3ccccc3o2)C1. The summed E-state index contributed by atoms with van der Waals surface area (Å²) in [5.74, 6) is 0.807. The van der Waals surface area contributed by atoms with Crippen LogP contribution in [0.1, 0.15) is 32.6 Å². The van der Waals surface area contributed by atoms with Crippen LogP contribution in [0.15, 0.2) is 33.9 Å². The van der Waals surface area contributed by atoms with Crippen LogP contribution >= 0.6 is 11.8 Å². The Bertz CT molecular complexity index is 521. The van der Waals surface area contributed by atoms with Crippen LogP contribution in [-0.4, -0.2) is 16.3 Å². The Kier molecular flexibility index (Phi) is 3.80. The van der Waals surface area contributed by atoms with Crippen molar-refractivity contribution in [2.24, 2.45) is 11.7 Å². The van der Waals surface area contributed by atoms with Crippen LogP contribution in [0, 0.1) is 5.92 Å². The molecule has 3 rings (SSSR count). The number of fused-ring (bicyclic) bond motifs is 1. The minimum absolute atomic E-state index is 0.266. The van der Waals surface area contributed by atoms with Crippen LogP contribution in [0.5, 0.6) is 0 Å². The Morgan fingerprint density at radius 1 is 1.37 bits per heavy atom. The van der Waals surface area contributed by atoms with Crippen molar-refractivity contribution in [1.29, 1.82) is 0 Å². The Labute approximate surface area is 118 Å². The minimum Gasteiger partial charge on any atom is -0.431 e. The fraction of sp³-hybridized carbons (Fsp3) is 0.533. The second kappa shape index (κ2) is 5.55. The molecule has 0 radical (unpaired) electrons. The molecule has 1 fully saturated rings. The van der Waals surface area contributed by atoms with Gasteiger partial charge in [0.05, 0.1) is 0 Å². The molecule has 1 aromatic heterocycles. The van der Waals surface area contributed by atoms with Gasteiger partial charge in [0.2, 0.25) is 0 Å². The normalized spacial score (nSPS) is 27.8. The molecule has 1 saturated carbocycles. The summed E-state index contributed by atoms with van der Waals surface area (Å²) in [6, 6.07) is 8.17. The van der Waals surface area contributed by atoms with Gasteiger partial charge in [0.25, 0.3) is 5.22 Å². The zero-order chi connectivity index (χ0) is 13.2. The third-order valence-corrected chi connectivity index (χ3v) is 5.28. The van der Waals surface area contributed by atoms with E-state index in [2.05, 4.69) is 11.9 Å². The van der Waals surface area contributed by atoms with E-state index in [0.29, 0.717) is 5.25 Å². The number of thioether (sulfide) groups is 1. The zero-order valence-corrected chi connectivity index (χ0v) is 12.0. The molecule has 0 aliphatic heterocycles. The van der Waals surface area contributed by atoms with Gasteiger partial charge in [-0.2, -0.15) is 0 Å². The summed E-state index contributed by atoms with van der Waals surface area (Å²) in [6.45, 7) is 2.27. The van der Waals surface area contributed by atoms with E-state index in [9.17, 15) is 0 Å². The van der Waals surface area contributed by atoms with E-state index in [1.807, 2.05) is 24.3 Å². The van der Waals surface area contributed by atoms with Crippen LogP contribution in [-0.2, 0) is 0 Å². The maximum absolute atomic E-state index is 6.25. The maximum Gasteiger partial charge on any atom is 0.257 e. The van der Waals surface area contributed by atoms with E-state index < -0.39 is 0 Å². The van der Waals surface area contributed by atoms with E-state index in [-0.39, 0.29) is 6.04 Å². The molecule has 0 amide bonds. The Morgan fingerprint density at radius 2 is 2.21 bits per heavy atom. The molecule has 4 heteroatoms. The van der Waals surface area contributed by atoms with Crippen LogP contribution in [0.3, 0.4) is 0 Å². The van der Waals surface area contributed by atoms with Crippen molar-refractivity contribution in [3.05, 3.63) is 24.3 Å². The molecule has 2 aromatic rings. The summed E-state index contributed by atoms with van der Waals surface area (Å²) < 4.78 is 5.78. The molecule has 19 heavy (non-hydrogen) atoms. The lowest BCUT2D eigenvalue weighted by Crippen LogP contribution is -2.38. The summed E-state index contributed by atoms with van der Waals surface area (Å²) >= 11 is 1.71. The van der Waals surface area contributed by atoms with Gasteiger partial charge in [0.15, 0.2) is 5.58 Å². The van der Waals surface area contributed by atoms with Crippen LogP contribution in [0.2, 0.25) is 0 Å². The number of aromatic nitrogens is 1. The van der Waals surface area contributed by atoms with Crippen LogP contribution < -0.4 is 5.73 Å². The number of para-hydroxylation sites is 2. The first-order valence-electron chi connectivity index (χ1n) is 7.04. The van der Waals surface area contributed by atoms with Gasteiger partial charge in [-0.3, -0.25) is 0 Å². The van der Waals surface area contributed by atoms with Gasteiger partial charge in [0, 0.05) is 11.3 Å². The summed E-state index contributed by atoms with van der Waals surface area (Å²) in [5.41, 5.74) is 8.04. The first-order chi connectivity index (χ1) is 9.26. The maximum atomic E-state index is 6.25. The van der Waals surface area contributed by atoms with Crippen molar-refractivity contribution in [1.82, 2.24) is 4.98 Å². The topological polar surface area (TPSA) is 52.0 Å². The molecule has 0 bridgehead atoms. The molecule has 2 N–H and O–H groups in total. The van der Waals surface area contributed by atoms with Crippen molar-refractivity contribution in [2.75, 3.05) is 0 Å². The molecule has 102 valence electrons. The van der Waals surface area contributed by atoms with Gasteiger partial charge >= 0.3 is 0 Å². The standard InChI is InChI=1S/C15H20N2OS/c1-2-10-7-8-11(16)14(9-10)19-15-17-12-5-3-4-6-13(12)18-15/h3-6,10-11,14H,2,7-9,16H2,1H3. The monoisotopic (exact) mass is 276 g/mol. The highest BCUT2D eigenvalue weighted by Crippen LogP contribution is 2.37. The number of benzene rings is 1. The lowest BCUT2D eigenvalue weighted by atomic mass is 9.84. The summed E-state index contributed by atoms with van der Waals surface area (Å²) in [5, 5.41) is 1.20. The van der Waals surface area contributed by atoms with Gasteiger partial charge in [-0.15, -0.1) is 0 Å². The highest BCUT2D eigenvalue weighted by Gasteiger charge is 2.29. The van der Waals surface area contributed by atoms with Crippen LogP contribution in [0.25, 0.3) is 11.1 Å². The number of rotatable bonds is 3. The molecule has 0 spiro atoms. The highest BCUT2D eigenvalue weighted by molar-refractivity contribution is 7.99. The smallest absolute Gasteiger partial charge is 0.257 e. The number of nitrogens with two attached hydrogens (primary N) is 1. The van der Waals surface area contributed by atoms with Gasteiger partial charge in [0.1, 0.15) is 5.52 Å². The van der Waals surface area contributed by atoms with Crippen molar-refractivity contribution in [3.8, 4) is 0 Å². The van der Waals surface area contributed by atoms with Gasteiger partial charge in [-0.05, 0) is 37.3 Å². The van der Waals surface area contributed by atoms with Crippen molar-refractivity contribution >= 4 is 22.9 Å². The Balaban J connectivity index is 1.75. The first-order valence-corrected chi connectivity index (χ1v) is 7.92. The second-order valence-electron chi connectivity index (χ2n) is 5.35. The molecule has 0 saturated heterocycles. The molecular formula is C15H20N2OS. The van der Waals surface area contributed by atoms with E-state index in [1.54, 1.807) is 11.8 Å². The molecule has 3 nitrogen and oxygen atoms in total. The molecular weight excluding hydrogens is 256 g/mol.